The number of ether oxygens (including phenoxy) is 1. The number of hydrogen-bond donors (Lipinski definition) is 1. The van der Waals surface area contributed by atoms with Crippen molar-refractivity contribution in [1.82, 2.24) is 20.1 Å². The molecule has 23 heavy (non-hydrogen) atoms. The molecular formula is C16H20N4O2S. The Balaban J connectivity index is 1.77. The van der Waals surface area contributed by atoms with E-state index in [1.165, 1.54) is 0 Å². The van der Waals surface area contributed by atoms with Crippen molar-refractivity contribution in [1.29, 1.82) is 0 Å². The van der Waals surface area contributed by atoms with Gasteiger partial charge in [-0.1, -0.05) is 30.8 Å². The van der Waals surface area contributed by atoms with Gasteiger partial charge < -0.3 is 14.2 Å². The summed E-state index contributed by atoms with van der Waals surface area (Å²) >= 11 is 1.56. The van der Waals surface area contributed by atoms with Gasteiger partial charge in [0.25, 0.3) is 0 Å². The summed E-state index contributed by atoms with van der Waals surface area (Å²) in [6.45, 7) is 8.73. The number of benzene rings is 1. The molecule has 0 aliphatic carbocycles. The van der Waals surface area contributed by atoms with Gasteiger partial charge in [0.15, 0.2) is 11.0 Å². The Bertz CT molecular complexity index is 796. The van der Waals surface area contributed by atoms with E-state index in [0.717, 1.165) is 27.8 Å². The third-order valence-electron chi connectivity index (χ3n) is 3.35. The normalized spacial score (nSPS) is 12.9. The zero-order valence-corrected chi connectivity index (χ0v) is 14.5. The van der Waals surface area contributed by atoms with Crippen LogP contribution in [-0.2, 0) is 0 Å². The highest BCUT2D eigenvalue weighted by Crippen LogP contribution is 2.34. The molecule has 3 rings (SSSR count). The first-order chi connectivity index (χ1) is 11.1. The van der Waals surface area contributed by atoms with Gasteiger partial charge in [-0.15, -0.1) is 0 Å². The summed E-state index contributed by atoms with van der Waals surface area (Å²) in [5.74, 6) is 2.45. The molecule has 0 saturated heterocycles. The first-order valence-electron chi connectivity index (χ1n) is 7.69. The molecule has 6 nitrogen and oxygen atoms in total. The topological polar surface area (TPSA) is 76.8 Å². The molecule has 1 unspecified atom stereocenters. The molecule has 1 aromatic carbocycles. The first-order valence-corrected chi connectivity index (χ1v) is 8.57. The second-order valence-corrected chi connectivity index (χ2v) is 6.89. The highest BCUT2D eigenvalue weighted by molar-refractivity contribution is 7.99. The van der Waals surface area contributed by atoms with Crippen molar-refractivity contribution in [2.75, 3.05) is 6.61 Å². The standard InChI is InChI=1S/C16H20N4O2S/c1-5-21-11-6-7-12-13(8-11)18-16(17-12)23-10(4)15-19-14(9(2)3)20-22-15/h6-10H,5H2,1-4H3,(H,17,18). The number of rotatable bonds is 6. The summed E-state index contributed by atoms with van der Waals surface area (Å²) in [6, 6.07) is 5.84. The van der Waals surface area contributed by atoms with Crippen molar-refractivity contribution in [3.63, 3.8) is 0 Å². The minimum Gasteiger partial charge on any atom is -0.494 e. The van der Waals surface area contributed by atoms with Gasteiger partial charge in [0.05, 0.1) is 22.9 Å². The smallest absolute Gasteiger partial charge is 0.239 e. The van der Waals surface area contributed by atoms with E-state index in [4.69, 9.17) is 9.26 Å². The number of hydrogen-bond acceptors (Lipinski definition) is 6. The maximum atomic E-state index is 5.51. The Hall–Kier alpha value is -2.02. The molecule has 0 aliphatic rings. The van der Waals surface area contributed by atoms with Crippen LogP contribution < -0.4 is 4.74 Å². The van der Waals surface area contributed by atoms with E-state index < -0.39 is 0 Å². The maximum absolute atomic E-state index is 5.51. The third kappa shape index (κ3) is 3.50. The van der Waals surface area contributed by atoms with Crippen LogP contribution in [0.2, 0.25) is 0 Å². The van der Waals surface area contributed by atoms with Crippen molar-refractivity contribution in [2.45, 2.75) is 44.0 Å². The Kier molecular flexibility index (Phi) is 4.56. The Morgan fingerprint density at radius 3 is 2.78 bits per heavy atom. The maximum Gasteiger partial charge on any atom is 0.239 e. The molecule has 0 saturated carbocycles. The molecule has 1 atom stereocenters. The van der Waals surface area contributed by atoms with Gasteiger partial charge in [-0.3, -0.25) is 0 Å². The molecule has 3 aromatic rings. The average molecular weight is 332 g/mol. The van der Waals surface area contributed by atoms with Gasteiger partial charge in [0.1, 0.15) is 5.75 Å². The SMILES string of the molecule is CCOc1ccc2nc(SC(C)c3nc(C(C)C)no3)[nH]c2c1. The molecule has 2 aromatic heterocycles. The number of H-pyrrole nitrogens is 1. The van der Waals surface area contributed by atoms with Gasteiger partial charge in [-0.2, -0.15) is 4.98 Å². The van der Waals surface area contributed by atoms with Crippen LogP contribution in [0.5, 0.6) is 5.75 Å². The van der Waals surface area contributed by atoms with E-state index in [2.05, 4.69) is 20.1 Å². The first kappa shape index (κ1) is 15.9. The number of aromatic nitrogens is 4. The van der Waals surface area contributed by atoms with Crippen molar-refractivity contribution >= 4 is 22.8 Å². The van der Waals surface area contributed by atoms with Gasteiger partial charge in [-0.05, 0) is 26.0 Å². The predicted octanol–water partition coefficient (Wildman–Crippen LogP) is 4.32. The molecular weight excluding hydrogens is 312 g/mol. The zero-order valence-electron chi connectivity index (χ0n) is 13.7. The van der Waals surface area contributed by atoms with E-state index in [9.17, 15) is 0 Å². The summed E-state index contributed by atoms with van der Waals surface area (Å²) in [4.78, 5) is 12.3. The highest BCUT2D eigenvalue weighted by atomic mass is 32.2. The third-order valence-corrected chi connectivity index (χ3v) is 4.32. The fourth-order valence-electron chi connectivity index (χ4n) is 2.14. The predicted molar refractivity (Wildman–Crippen MR) is 89.9 cm³/mol. The van der Waals surface area contributed by atoms with Crippen molar-refractivity contribution in [3.8, 4) is 5.75 Å². The monoisotopic (exact) mass is 332 g/mol. The number of aromatic amines is 1. The summed E-state index contributed by atoms with van der Waals surface area (Å²) < 4.78 is 10.9. The molecule has 0 aliphatic heterocycles. The van der Waals surface area contributed by atoms with Crippen molar-refractivity contribution in [3.05, 3.63) is 29.9 Å². The molecule has 2 heterocycles. The Labute approximate surface area is 139 Å². The van der Waals surface area contributed by atoms with Crippen LogP contribution in [0.1, 0.15) is 50.6 Å². The number of nitrogens with one attached hydrogen (secondary N) is 1. The molecule has 122 valence electrons. The van der Waals surface area contributed by atoms with Crippen LogP contribution in [0.15, 0.2) is 27.9 Å². The number of thioether (sulfide) groups is 1. The van der Waals surface area contributed by atoms with Gasteiger partial charge in [0, 0.05) is 12.0 Å². The molecule has 0 spiro atoms. The minimum absolute atomic E-state index is 0.0296. The largest absolute Gasteiger partial charge is 0.494 e. The van der Waals surface area contributed by atoms with Crippen LogP contribution in [0.3, 0.4) is 0 Å². The van der Waals surface area contributed by atoms with E-state index in [1.807, 2.05) is 45.9 Å². The molecule has 0 fully saturated rings. The lowest BCUT2D eigenvalue weighted by molar-refractivity contribution is 0.340. The Morgan fingerprint density at radius 1 is 1.26 bits per heavy atom. The van der Waals surface area contributed by atoms with Crippen LogP contribution in [0.25, 0.3) is 11.0 Å². The lowest BCUT2D eigenvalue weighted by Crippen LogP contribution is -1.93. The lowest BCUT2D eigenvalue weighted by atomic mass is 10.2. The van der Waals surface area contributed by atoms with Crippen LogP contribution in [0.4, 0.5) is 0 Å². The van der Waals surface area contributed by atoms with Crippen LogP contribution in [-0.4, -0.2) is 26.7 Å². The Morgan fingerprint density at radius 2 is 2.09 bits per heavy atom. The fraction of sp³-hybridized carbons (Fsp3) is 0.438. The van der Waals surface area contributed by atoms with E-state index in [0.29, 0.717) is 12.5 Å². The zero-order chi connectivity index (χ0) is 16.4. The lowest BCUT2D eigenvalue weighted by Gasteiger charge is -2.02. The fourth-order valence-corrected chi connectivity index (χ4v) is 2.99. The van der Waals surface area contributed by atoms with Crippen molar-refractivity contribution in [2.24, 2.45) is 0 Å². The second kappa shape index (κ2) is 6.62. The summed E-state index contributed by atoms with van der Waals surface area (Å²) in [5.41, 5.74) is 1.87. The molecule has 1 N–H and O–H groups in total. The van der Waals surface area contributed by atoms with Gasteiger partial charge in [0.2, 0.25) is 5.89 Å². The van der Waals surface area contributed by atoms with Gasteiger partial charge in [-0.25, -0.2) is 4.98 Å². The minimum atomic E-state index is 0.0296. The number of nitrogens with zero attached hydrogens (tertiary/aromatic N) is 3. The number of imidazole rings is 1. The highest BCUT2D eigenvalue weighted by Gasteiger charge is 2.18. The molecule has 0 amide bonds. The van der Waals surface area contributed by atoms with E-state index >= 15 is 0 Å². The quantitative estimate of drug-likeness (QED) is 0.677. The van der Waals surface area contributed by atoms with Crippen molar-refractivity contribution < 1.29 is 9.26 Å². The summed E-state index contributed by atoms with van der Waals surface area (Å²) in [7, 11) is 0. The van der Waals surface area contributed by atoms with Gasteiger partial charge >= 0.3 is 0 Å². The van der Waals surface area contributed by atoms with E-state index in [-0.39, 0.29) is 11.2 Å². The van der Waals surface area contributed by atoms with Crippen LogP contribution in [0, 0.1) is 0 Å². The molecule has 0 radical (unpaired) electrons. The van der Waals surface area contributed by atoms with Crippen LogP contribution >= 0.6 is 11.8 Å². The van der Waals surface area contributed by atoms with E-state index in [1.54, 1.807) is 11.8 Å². The average Bonchev–Trinajstić information content (AvgIpc) is 3.13. The molecule has 0 bridgehead atoms. The second-order valence-electron chi connectivity index (χ2n) is 5.56. The number of fused-ring (bicyclic) bond motifs is 1. The molecule has 7 heteroatoms. The summed E-state index contributed by atoms with van der Waals surface area (Å²) in [6.07, 6.45) is 0. The summed E-state index contributed by atoms with van der Waals surface area (Å²) in [5, 5.41) is 4.86.